The predicted molar refractivity (Wildman–Crippen MR) is 116 cm³/mol. The minimum atomic E-state index is -0.0356. The summed E-state index contributed by atoms with van der Waals surface area (Å²) in [5, 5.41) is 0.877. The number of nitrogens with two attached hydrogens (primary N) is 1. The average Bonchev–Trinajstić information content (AvgIpc) is 2.71. The summed E-state index contributed by atoms with van der Waals surface area (Å²) in [5.74, 6) is 0.738. The Morgan fingerprint density at radius 3 is 2.57 bits per heavy atom. The van der Waals surface area contributed by atoms with Crippen molar-refractivity contribution in [3.63, 3.8) is 0 Å². The first-order valence-electron chi connectivity index (χ1n) is 9.01. The fourth-order valence-corrected chi connectivity index (χ4v) is 4.50. The zero-order valence-electron chi connectivity index (χ0n) is 15.5. The van der Waals surface area contributed by atoms with Crippen LogP contribution in [0.4, 0.5) is 0 Å². The molecule has 1 amide bonds. The van der Waals surface area contributed by atoms with Crippen LogP contribution in [0.3, 0.4) is 0 Å². The normalized spacial score (nSPS) is 15.2. The Morgan fingerprint density at radius 1 is 1.14 bits per heavy atom. The molecule has 148 valence electrons. The van der Waals surface area contributed by atoms with Crippen LogP contribution in [0.1, 0.15) is 18.4 Å². The van der Waals surface area contributed by atoms with E-state index >= 15 is 0 Å². The number of carbonyl (C=O) groups is 1. The van der Waals surface area contributed by atoms with E-state index in [4.69, 9.17) is 33.7 Å². The minimum absolute atomic E-state index is 0.0356. The second-order valence-corrected chi connectivity index (χ2v) is 8.37. The number of rotatable bonds is 5. The number of hydrogen-bond donors (Lipinski definition) is 1. The lowest BCUT2D eigenvalue weighted by Gasteiger charge is -2.29. The number of ether oxygens (including phenoxy) is 1. The number of para-hydroxylation sites is 1. The Bertz CT molecular complexity index is 881. The first-order chi connectivity index (χ1) is 13.5. The lowest BCUT2D eigenvalue weighted by molar-refractivity contribution is -0.126. The van der Waals surface area contributed by atoms with E-state index in [0.717, 1.165) is 28.4 Å². The molecule has 1 aliphatic heterocycles. The van der Waals surface area contributed by atoms with Gasteiger partial charge in [-0.05, 0) is 42.7 Å². The Morgan fingerprint density at radius 2 is 1.86 bits per heavy atom. The van der Waals surface area contributed by atoms with Gasteiger partial charge in [-0.2, -0.15) is 0 Å². The Balaban J connectivity index is 1.74. The number of likely N-dealkylation sites (tertiary alicyclic amines) is 1. The summed E-state index contributed by atoms with van der Waals surface area (Å²) < 4.78 is 5.38. The van der Waals surface area contributed by atoms with Crippen molar-refractivity contribution in [3.05, 3.63) is 58.1 Å². The van der Waals surface area contributed by atoms with Gasteiger partial charge in [0, 0.05) is 30.1 Å². The van der Waals surface area contributed by atoms with Crippen LogP contribution in [-0.2, 0) is 4.79 Å². The molecule has 1 saturated heterocycles. The molecule has 0 aromatic heterocycles. The molecular weight excluding hydrogens is 415 g/mol. The van der Waals surface area contributed by atoms with E-state index in [-0.39, 0.29) is 11.9 Å². The maximum Gasteiger partial charge on any atom is 0.246 e. The highest BCUT2D eigenvalue weighted by molar-refractivity contribution is 7.99. The number of nitrogens with zero attached hydrogens (tertiary/aromatic N) is 1. The fraction of sp³-hybridized carbons (Fsp3) is 0.286. The number of hydrogen-bond acceptors (Lipinski definition) is 4. The maximum absolute atomic E-state index is 12.4. The van der Waals surface area contributed by atoms with Crippen molar-refractivity contribution in [2.24, 2.45) is 5.73 Å². The maximum atomic E-state index is 12.4. The van der Waals surface area contributed by atoms with Crippen LogP contribution in [0.2, 0.25) is 10.0 Å². The molecule has 3 rings (SSSR count). The fourth-order valence-electron chi connectivity index (χ4n) is 2.96. The number of methoxy groups -OCH3 is 1. The first-order valence-corrected chi connectivity index (χ1v) is 10.6. The van der Waals surface area contributed by atoms with E-state index in [1.54, 1.807) is 24.2 Å². The van der Waals surface area contributed by atoms with E-state index in [9.17, 15) is 4.79 Å². The molecule has 0 spiro atoms. The minimum Gasteiger partial charge on any atom is -0.496 e. The molecule has 1 aliphatic rings. The van der Waals surface area contributed by atoms with Gasteiger partial charge in [0.2, 0.25) is 5.91 Å². The largest absolute Gasteiger partial charge is 0.496 e. The molecule has 28 heavy (non-hydrogen) atoms. The van der Waals surface area contributed by atoms with Gasteiger partial charge in [-0.25, -0.2) is 0 Å². The lowest BCUT2D eigenvalue weighted by atomic mass is 10.1. The molecule has 0 aliphatic carbocycles. The highest BCUT2D eigenvalue weighted by atomic mass is 35.5. The van der Waals surface area contributed by atoms with Crippen LogP contribution in [-0.4, -0.2) is 37.0 Å². The topological polar surface area (TPSA) is 55.6 Å². The van der Waals surface area contributed by atoms with E-state index < -0.39 is 0 Å². The van der Waals surface area contributed by atoms with Crippen LogP contribution in [0.15, 0.2) is 52.3 Å². The standard InChI is InChI=1S/C21H22Cl2N2O2S/c1-27-16-4-2-3-5-17(16)28-18-8-6-14(20(22)21(18)23)7-9-19(26)25-12-10-15(24)11-13-25/h2-9,15H,10-13,24H2,1H3. The summed E-state index contributed by atoms with van der Waals surface area (Å²) in [5.41, 5.74) is 6.59. The van der Waals surface area contributed by atoms with Crippen molar-refractivity contribution in [2.75, 3.05) is 20.2 Å². The van der Waals surface area contributed by atoms with E-state index in [1.807, 2.05) is 36.4 Å². The highest BCUT2D eigenvalue weighted by Crippen LogP contribution is 2.42. The van der Waals surface area contributed by atoms with Gasteiger partial charge < -0.3 is 15.4 Å². The molecule has 0 radical (unpaired) electrons. The third-order valence-corrected chi connectivity index (χ3v) is 6.75. The summed E-state index contributed by atoms with van der Waals surface area (Å²) in [7, 11) is 1.63. The van der Waals surface area contributed by atoms with Crippen molar-refractivity contribution >= 4 is 46.9 Å². The van der Waals surface area contributed by atoms with Crippen molar-refractivity contribution < 1.29 is 9.53 Å². The SMILES string of the molecule is COc1ccccc1Sc1ccc(C=CC(=O)N2CCC(N)CC2)c(Cl)c1Cl. The van der Waals surface area contributed by atoms with E-state index in [1.165, 1.54) is 11.8 Å². The van der Waals surface area contributed by atoms with Crippen LogP contribution < -0.4 is 10.5 Å². The Kier molecular flexibility index (Phi) is 7.30. The summed E-state index contributed by atoms with van der Waals surface area (Å²) in [6, 6.07) is 11.7. The van der Waals surface area contributed by atoms with E-state index in [0.29, 0.717) is 28.7 Å². The molecule has 4 nitrogen and oxygen atoms in total. The van der Waals surface area contributed by atoms with E-state index in [2.05, 4.69) is 0 Å². The van der Waals surface area contributed by atoms with Gasteiger partial charge in [0.25, 0.3) is 0 Å². The van der Waals surface area contributed by atoms with Gasteiger partial charge in [0.15, 0.2) is 0 Å². The summed E-state index contributed by atoms with van der Waals surface area (Å²) in [4.78, 5) is 15.9. The number of amides is 1. The van der Waals surface area contributed by atoms with Crippen molar-refractivity contribution in [3.8, 4) is 5.75 Å². The summed E-state index contributed by atoms with van der Waals surface area (Å²) >= 11 is 14.4. The van der Waals surface area contributed by atoms with Gasteiger partial charge >= 0.3 is 0 Å². The Labute approximate surface area is 179 Å². The van der Waals surface area contributed by atoms with Gasteiger partial charge in [-0.1, -0.05) is 53.2 Å². The summed E-state index contributed by atoms with van der Waals surface area (Å²) in [6.07, 6.45) is 4.92. The Hall–Kier alpha value is -1.66. The molecule has 1 fully saturated rings. The molecule has 1 heterocycles. The van der Waals surface area contributed by atoms with Gasteiger partial charge in [0.05, 0.1) is 22.1 Å². The molecule has 7 heteroatoms. The number of carbonyl (C=O) groups excluding carboxylic acids is 1. The van der Waals surface area contributed by atoms with Crippen LogP contribution >= 0.6 is 35.0 Å². The zero-order valence-corrected chi connectivity index (χ0v) is 17.9. The predicted octanol–water partition coefficient (Wildman–Crippen LogP) is 5.12. The van der Waals surface area contributed by atoms with Crippen LogP contribution in [0.5, 0.6) is 5.75 Å². The smallest absolute Gasteiger partial charge is 0.246 e. The lowest BCUT2D eigenvalue weighted by Crippen LogP contribution is -2.42. The summed E-state index contributed by atoms with van der Waals surface area (Å²) in [6.45, 7) is 1.38. The molecule has 2 N–H and O–H groups in total. The van der Waals surface area contributed by atoms with Crippen LogP contribution in [0, 0.1) is 0 Å². The van der Waals surface area contributed by atoms with Gasteiger partial charge in [0.1, 0.15) is 5.75 Å². The number of benzene rings is 2. The van der Waals surface area contributed by atoms with Crippen LogP contribution in [0.25, 0.3) is 6.08 Å². The zero-order chi connectivity index (χ0) is 20.1. The number of halogens is 2. The monoisotopic (exact) mass is 436 g/mol. The molecule has 0 bridgehead atoms. The van der Waals surface area contributed by atoms with Crippen molar-refractivity contribution in [1.29, 1.82) is 0 Å². The average molecular weight is 437 g/mol. The van der Waals surface area contributed by atoms with Crippen molar-refractivity contribution in [2.45, 2.75) is 28.7 Å². The molecule has 0 saturated carbocycles. The quantitative estimate of drug-likeness (QED) is 0.660. The molecule has 2 aromatic carbocycles. The second kappa shape index (κ2) is 9.70. The molecule has 2 aromatic rings. The van der Waals surface area contributed by atoms with Crippen molar-refractivity contribution in [1.82, 2.24) is 4.90 Å². The van der Waals surface area contributed by atoms with Gasteiger partial charge in [-0.3, -0.25) is 4.79 Å². The third kappa shape index (κ3) is 5.03. The number of piperidine rings is 1. The highest BCUT2D eigenvalue weighted by Gasteiger charge is 2.19. The molecular formula is C21H22Cl2N2O2S. The second-order valence-electron chi connectivity index (χ2n) is 6.53. The molecule has 0 atom stereocenters. The first kappa shape index (κ1) is 21.1. The van der Waals surface area contributed by atoms with Gasteiger partial charge in [-0.15, -0.1) is 0 Å². The molecule has 0 unspecified atom stereocenters. The third-order valence-electron chi connectivity index (χ3n) is 4.62.